The molecule has 0 aliphatic rings. The van der Waals surface area contributed by atoms with Crippen LogP contribution in [0.5, 0.6) is 0 Å². The number of carbonyl (C=O) groups excluding carboxylic acids is 1. The van der Waals surface area contributed by atoms with E-state index in [2.05, 4.69) is 32.8 Å². The number of aromatic nitrogens is 3. The Hall–Kier alpha value is -4.96. The van der Waals surface area contributed by atoms with Crippen LogP contribution in [0.3, 0.4) is 0 Å². The minimum absolute atomic E-state index is 0.00228. The summed E-state index contributed by atoms with van der Waals surface area (Å²) in [5, 5.41) is 10.1. The smallest absolute Gasteiger partial charge is 0.348 e. The van der Waals surface area contributed by atoms with Gasteiger partial charge in [-0.1, -0.05) is 42.2 Å². The minimum atomic E-state index is -4.70. The van der Waals surface area contributed by atoms with Gasteiger partial charge in [-0.15, -0.1) is 0 Å². The van der Waals surface area contributed by atoms with Crippen LogP contribution in [0, 0.1) is 18.4 Å². The predicted octanol–water partition coefficient (Wildman–Crippen LogP) is 5.29. The number of pyridine rings is 3. The Morgan fingerprint density at radius 2 is 1.95 bits per heavy atom. The summed E-state index contributed by atoms with van der Waals surface area (Å²) in [7, 11) is 0. The fraction of sp³-hybridized carbons (Fsp3) is 0.179. The maximum atomic E-state index is 13.4. The first kappa shape index (κ1) is 32.3. The fourth-order valence-corrected chi connectivity index (χ4v) is 3.46. The first-order valence-electron chi connectivity index (χ1n) is 11.8. The van der Waals surface area contributed by atoms with Crippen molar-refractivity contribution in [3.63, 3.8) is 0 Å². The van der Waals surface area contributed by atoms with Gasteiger partial charge in [0, 0.05) is 36.4 Å². The molecule has 1 N–H and O–H groups in total. The molecule has 0 radical (unpaired) electrons. The van der Waals surface area contributed by atoms with E-state index in [1.807, 2.05) is 6.92 Å². The van der Waals surface area contributed by atoms with Crippen LogP contribution < -0.4 is 10.7 Å². The van der Waals surface area contributed by atoms with Crippen LogP contribution in [0.2, 0.25) is 0 Å². The lowest BCUT2D eigenvalue weighted by molar-refractivity contribution is -0.141. The Morgan fingerprint density at radius 1 is 1.24 bits per heavy atom. The third-order valence-corrected chi connectivity index (χ3v) is 5.68. The number of carbonyl (C=O) groups is 1. The molecule has 3 rings (SSSR count). The van der Waals surface area contributed by atoms with Gasteiger partial charge in [0.25, 0.3) is 5.91 Å². The molecule has 0 aromatic carbocycles. The summed E-state index contributed by atoms with van der Waals surface area (Å²) < 4.78 is 53.2. The quantitative estimate of drug-likeness (QED) is 0.284. The molecule has 0 fully saturated rings. The number of amides is 1. The van der Waals surface area contributed by atoms with Crippen molar-refractivity contribution in [2.24, 2.45) is 4.36 Å². The van der Waals surface area contributed by atoms with Crippen LogP contribution in [0.25, 0.3) is 16.8 Å². The molecule has 3 heterocycles. The Kier molecular flexibility index (Phi) is 11.8. The summed E-state index contributed by atoms with van der Waals surface area (Å²) >= 11 is -0.0845. The fourth-order valence-electron chi connectivity index (χ4n) is 3.43. The average Bonchev–Trinajstić information content (AvgIpc) is 2.95. The second-order valence-electron chi connectivity index (χ2n) is 8.29. The van der Waals surface area contributed by atoms with Gasteiger partial charge in [0.15, 0.2) is 0 Å². The molecule has 212 valence electrons. The molecule has 9 nitrogen and oxygen atoms in total. The number of alkyl halides is 3. The Morgan fingerprint density at radius 3 is 2.51 bits per heavy atom. The number of nitriles is 1. The van der Waals surface area contributed by atoms with Crippen LogP contribution in [-0.2, 0) is 17.6 Å². The largest absolute Gasteiger partial charge is 0.433 e. The van der Waals surface area contributed by atoms with Crippen molar-refractivity contribution < 1.29 is 22.2 Å². The van der Waals surface area contributed by atoms with Gasteiger partial charge in [-0.25, -0.2) is 0 Å². The van der Waals surface area contributed by atoms with Crippen molar-refractivity contribution in [3.05, 3.63) is 113 Å². The lowest BCUT2D eigenvalue weighted by Gasteiger charge is -2.17. The number of nitrogens with zero attached hydrogens (tertiary/aromatic N) is 5. The molecule has 0 atom stereocenters. The van der Waals surface area contributed by atoms with Gasteiger partial charge in [-0.05, 0) is 48.7 Å². The Bertz CT molecular complexity index is 1620. The van der Waals surface area contributed by atoms with E-state index in [1.54, 1.807) is 42.0 Å². The summed E-state index contributed by atoms with van der Waals surface area (Å²) in [4.78, 5) is 33.9. The lowest BCUT2D eigenvalue weighted by atomic mass is 10.0. The molecule has 3 aromatic heterocycles. The molecule has 3 aromatic rings. The molecule has 0 aliphatic carbocycles. The molecular formula is C28H25F3N6O3S. The summed E-state index contributed by atoms with van der Waals surface area (Å²) in [6.45, 7) is 11.4. The normalized spacial score (nSPS) is 10.6. The lowest BCUT2D eigenvalue weighted by Crippen LogP contribution is -2.32. The third kappa shape index (κ3) is 9.04. The number of halogens is 3. The van der Waals surface area contributed by atoms with Crippen LogP contribution in [0.1, 0.15) is 35.1 Å². The molecule has 0 spiro atoms. The number of rotatable bonds is 8. The van der Waals surface area contributed by atoms with Crippen LogP contribution in [-0.4, -0.2) is 31.2 Å². The van der Waals surface area contributed by atoms with Crippen LogP contribution >= 0.6 is 0 Å². The van der Waals surface area contributed by atoms with Crippen molar-refractivity contribution in [2.75, 3.05) is 6.54 Å². The number of hydrogen-bond acceptors (Lipinski definition) is 7. The molecule has 0 unspecified atom stereocenters. The highest BCUT2D eigenvalue weighted by atomic mass is 32.1. The third-order valence-electron chi connectivity index (χ3n) is 5.52. The van der Waals surface area contributed by atoms with Crippen molar-refractivity contribution in [2.45, 2.75) is 26.4 Å². The summed E-state index contributed by atoms with van der Waals surface area (Å²) in [5.41, 5.74) is 0.218. The van der Waals surface area contributed by atoms with E-state index < -0.39 is 23.2 Å². The molecule has 0 aliphatic heterocycles. The molecule has 41 heavy (non-hydrogen) atoms. The van der Waals surface area contributed by atoms with Gasteiger partial charge in [0.1, 0.15) is 11.3 Å². The monoisotopic (exact) mass is 582 g/mol. The van der Waals surface area contributed by atoms with Crippen LogP contribution in [0.4, 0.5) is 13.2 Å². The summed E-state index contributed by atoms with van der Waals surface area (Å²) in [6, 6.07) is 5.48. The SMILES string of the molecule is C=C(/C=C\C(=C)CNC(=O)c1cn(-c2cccnc2)c(C)c(-c2ccnc(C(F)(F)F)c2)c1=O)CC.N#CN=S=O. The second kappa shape index (κ2) is 15.0. The van der Waals surface area contributed by atoms with E-state index in [-0.39, 0.29) is 34.7 Å². The van der Waals surface area contributed by atoms with Gasteiger partial charge in [0.2, 0.25) is 23.1 Å². The molecular weight excluding hydrogens is 557 g/mol. The van der Waals surface area contributed by atoms with E-state index in [0.717, 1.165) is 24.3 Å². The van der Waals surface area contributed by atoms with Gasteiger partial charge in [-0.2, -0.15) is 22.6 Å². The summed E-state index contributed by atoms with van der Waals surface area (Å²) in [6.07, 6.45) is 6.28. The van der Waals surface area contributed by atoms with Gasteiger partial charge in [-0.3, -0.25) is 19.6 Å². The highest BCUT2D eigenvalue weighted by molar-refractivity contribution is 7.54. The zero-order valence-corrected chi connectivity index (χ0v) is 22.9. The zero-order chi connectivity index (χ0) is 30.6. The van der Waals surface area contributed by atoms with E-state index in [1.165, 1.54) is 24.7 Å². The van der Waals surface area contributed by atoms with Crippen LogP contribution in [0.15, 0.2) is 94.7 Å². The van der Waals surface area contributed by atoms with E-state index in [4.69, 9.17) is 9.47 Å². The zero-order valence-electron chi connectivity index (χ0n) is 22.1. The second-order valence-corrected chi connectivity index (χ2v) is 8.62. The number of hydrogen-bond donors (Lipinski definition) is 1. The minimum Gasteiger partial charge on any atom is -0.348 e. The number of allylic oxidation sites excluding steroid dienone is 2. The highest BCUT2D eigenvalue weighted by Gasteiger charge is 2.33. The van der Waals surface area contributed by atoms with Crippen molar-refractivity contribution >= 4 is 17.4 Å². The maximum Gasteiger partial charge on any atom is 0.433 e. The van der Waals surface area contributed by atoms with Crippen molar-refractivity contribution in [3.8, 4) is 23.0 Å². The first-order valence-corrected chi connectivity index (χ1v) is 12.5. The van der Waals surface area contributed by atoms with Crippen molar-refractivity contribution in [1.82, 2.24) is 19.9 Å². The highest BCUT2D eigenvalue weighted by Crippen LogP contribution is 2.31. The summed E-state index contributed by atoms with van der Waals surface area (Å²) in [5.74, 6) is -0.687. The average molecular weight is 583 g/mol. The van der Waals surface area contributed by atoms with Gasteiger partial charge in [0.05, 0.1) is 11.9 Å². The molecule has 13 heteroatoms. The topological polar surface area (TPSA) is 130 Å². The van der Waals surface area contributed by atoms with E-state index >= 15 is 0 Å². The Labute approximate surface area is 237 Å². The Balaban J connectivity index is 0.00000108. The number of nitrogens with one attached hydrogen (secondary N) is 1. The van der Waals surface area contributed by atoms with Gasteiger partial charge >= 0.3 is 6.18 Å². The van der Waals surface area contributed by atoms with Crippen molar-refractivity contribution in [1.29, 1.82) is 5.26 Å². The van der Waals surface area contributed by atoms with Gasteiger partial charge < -0.3 is 9.88 Å². The molecule has 0 saturated carbocycles. The first-order chi connectivity index (χ1) is 19.4. The van der Waals surface area contributed by atoms with E-state index in [0.29, 0.717) is 17.0 Å². The molecule has 1 amide bonds. The van der Waals surface area contributed by atoms with E-state index in [9.17, 15) is 22.8 Å². The maximum absolute atomic E-state index is 13.4. The molecule has 0 bridgehead atoms. The predicted molar refractivity (Wildman–Crippen MR) is 149 cm³/mol. The molecule has 0 saturated heterocycles. The standard InChI is InChI=1S/C27H25F3N4O2.CN2OS/c1-5-17(2)8-9-18(3)14-33-26(36)22-16-34(21-7-6-11-31-15-21)19(4)24(25(22)35)20-10-12-32-23(13-20)27(28,29)30;2-1-3-5-4/h6-13,15-16H,2-3,5,14H2,1,4H3,(H,33,36);/b9-8-;.